The molecule has 1 aromatic heterocycles. The zero-order valence-electron chi connectivity index (χ0n) is 13.6. The molecule has 0 aromatic carbocycles. The van der Waals surface area contributed by atoms with Crippen molar-refractivity contribution in [3.8, 4) is 0 Å². The smallest absolute Gasteiger partial charge is 0.228 e. The molecule has 124 valence electrons. The van der Waals surface area contributed by atoms with Crippen molar-refractivity contribution in [2.75, 3.05) is 19.6 Å². The van der Waals surface area contributed by atoms with E-state index in [-0.39, 0.29) is 23.8 Å². The lowest BCUT2D eigenvalue weighted by molar-refractivity contribution is -0.136. The lowest BCUT2D eigenvalue weighted by atomic mass is 10.0. The van der Waals surface area contributed by atoms with Crippen LogP contribution in [0.1, 0.15) is 43.7 Å². The summed E-state index contributed by atoms with van der Waals surface area (Å²) in [7, 11) is 1.90. The Hall–Kier alpha value is -1.85. The topological polar surface area (TPSA) is 58.4 Å². The maximum absolute atomic E-state index is 13.0. The number of rotatable bonds is 4. The molecule has 23 heavy (non-hydrogen) atoms. The van der Waals surface area contributed by atoms with Crippen LogP contribution in [0.5, 0.6) is 0 Å². The molecule has 2 amide bonds. The van der Waals surface area contributed by atoms with Crippen LogP contribution in [0.15, 0.2) is 12.4 Å². The van der Waals surface area contributed by atoms with Crippen LogP contribution in [0.25, 0.3) is 0 Å². The first-order valence-corrected chi connectivity index (χ1v) is 8.68. The van der Waals surface area contributed by atoms with Crippen molar-refractivity contribution in [1.29, 1.82) is 0 Å². The fourth-order valence-corrected chi connectivity index (χ4v) is 3.95. The molecule has 2 atom stereocenters. The Bertz CT molecular complexity index is 622. The predicted molar refractivity (Wildman–Crippen MR) is 84.3 cm³/mol. The molecule has 0 unspecified atom stereocenters. The molecule has 6 heteroatoms. The van der Waals surface area contributed by atoms with E-state index in [0.29, 0.717) is 18.9 Å². The zero-order chi connectivity index (χ0) is 16.0. The third kappa shape index (κ3) is 2.86. The first kappa shape index (κ1) is 14.7. The van der Waals surface area contributed by atoms with E-state index < -0.39 is 0 Å². The van der Waals surface area contributed by atoms with Gasteiger partial charge in [-0.15, -0.1) is 0 Å². The highest BCUT2D eigenvalue weighted by Crippen LogP contribution is 2.36. The molecule has 0 radical (unpaired) electrons. The number of hydrogen-bond acceptors (Lipinski definition) is 3. The minimum Gasteiger partial charge on any atom is -0.342 e. The van der Waals surface area contributed by atoms with Crippen LogP contribution in [0, 0.1) is 11.8 Å². The molecule has 2 aliphatic heterocycles. The molecular formula is C17H24N4O2. The summed E-state index contributed by atoms with van der Waals surface area (Å²) in [6.45, 7) is 2.27. The lowest BCUT2D eigenvalue weighted by Gasteiger charge is -2.26. The van der Waals surface area contributed by atoms with E-state index >= 15 is 0 Å². The van der Waals surface area contributed by atoms with Crippen molar-refractivity contribution in [1.82, 2.24) is 19.6 Å². The van der Waals surface area contributed by atoms with Gasteiger partial charge in [0.1, 0.15) is 0 Å². The molecule has 3 fully saturated rings. The fourth-order valence-electron chi connectivity index (χ4n) is 3.95. The molecule has 0 bridgehead atoms. The normalized spacial score (nSPS) is 28.0. The number of hydrogen-bond donors (Lipinski definition) is 0. The number of aryl methyl sites for hydroxylation is 1. The Balaban J connectivity index is 1.44. The van der Waals surface area contributed by atoms with E-state index in [0.717, 1.165) is 31.5 Å². The van der Waals surface area contributed by atoms with E-state index in [2.05, 4.69) is 5.10 Å². The third-order valence-corrected chi connectivity index (χ3v) is 5.38. The zero-order valence-corrected chi connectivity index (χ0v) is 13.6. The molecule has 6 nitrogen and oxygen atoms in total. The summed E-state index contributed by atoms with van der Waals surface area (Å²) in [5.41, 5.74) is 1.11. The molecule has 4 rings (SSSR count). The minimum absolute atomic E-state index is 0.129. The van der Waals surface area contributed by atoms with Gasteiger partial charge in [-0.1, -0.05) is 0 Å². The molecule has 0 N–H and O–H groups in total. The van der Waals surface area contributed by atoms with Gasteiger partial charge in [-0.25, -0.2) is 0 Å². The molecule has 1 saturated carbocycles. The van der Waals surface area contributed by atoms with Gasteiger partial charge in [-0.05, 0) is 31.6 Å². The minimum atomic E-state index is -0.154. The number of amides is 2. The standard InChI is InChI=1S/C17H24N4O2/c1-19-10-14(8-18-19)15-3-2-6-21(15)17(23)13-7-16(22)20(11-13)9-12-4-5-12/h8,10,12-13,15H,2-7,9,11H2,1H3/t13-,15+/m0/s1. The Kier molecular flexibility index (Phi) is 3.62. The van der Waals surface area contributed by atoms with Crippen LogP contribution in [0.3, 0.4) is 0 Å². The summed E-state index contributed by atoms with van der Waals surface area (Å²) in [4.78, 5) is 29.0. The molecule has 3 aliphatic rings. The van der Waals surface area contributed by atoms with Gasteiger partial charge in [-0.3, -0.25) is 14.3 Å². The summed E-state index contributed by atoms with van der Waals surface area (Å²) in [6.07, 6.45) is 8.73. The van der Waals surface area contributed by atoms with Gasteiger partial charge in [0.15, 0.2) is 0 Å². The van der Waals surface area contributed by atoms with E-state index in [1.165, 1.54) is 12.8 Å². The maximum atomic E-state index is 13.0. The number of aromatic nitrogens is 2. The fraction of sp³-hybridized carbons (Fsp3) is 0.706. The van der Waals surface area contributed by atoms with Crippen molar-refractivity contribution < 1.29 is 9.59 Å². The van der Waals surface area contributed by atoms with Gasteiger partial charge in [0, 0.05) is 44.9 Å². The SMILES string of the molecule is Cn1cc([C@H]2CCCN2C(=O)[C@H]2CC(=O)N(CC3CC3)C2)cn1. The molecule has 0 spiro atoms. The van der Waals surface area contributed by atoms with E-state index in [1.54, 1.807) is 4.68 Å². The van der Waals surface area contributed by atoms with Crippen molar-refractivity contribution in [3.63, 3.8) is 0 Å². The Morgan fingerprint density at radius 1 is 1.35 bits per heavy atom. The number of likely N-dealkylation sites (tertiary alicyclic amines) is 2. The lowest BCUT2D eigenvalue weighted by Crippen LogP contribution is -2.37. The van der Waals surface area contributed by atoms with Crippen molar-refractivity contribution in [2.24, 2.45) is 18.9 Å². The average molecular weight is 316 g/mol. The van der Waals surface area contributed by atoms with Crippen LogP contribution in [-0.4, -0.2) is 51.0 Å². The van der Waals surface area contributed by atoms with Crippen LogP contribution in [-0.2, 0) is 16.6 Å². The summed E-state index contributed by atoms with van der Waals surface area (Å²) in [5, 5.41) is 4.23. The van der Waals surface area contributed by atoms with Gasteiger partial charge >= 0.3 is 0 Å². The first-order valence-electron chi connectivity index (χ1n) is 8.68. The Morgan fingerprint density at radius 3 is 2.87 bits per heavy atom. The monoisotopic (exact) mass is 316 g/mol. The van der Waals surface area contributed by atoms with E-state index in [4.69, 9.17) is 0 Å². The summed E-state index contributed by atoms with van der Waals surface area (Å²) in [5.74, 6) is 0.844. The van der Waals surface area contributed by atoms with E-state index in [9.17, 15) is 9.59 Å². The second kappa shape index (κ2) is 5.65. The van der Waals surface area contributed by atoms with Crippen LogP contribution < -0.4 is 0 Å². The molecule has 1 aliphatic carbocycles. The second-order valence-corrected chi connectivity index (χ2v) is 7.28. The largest absolute Gasteiger partial charge is 0.342 e. The van der Waals surface area contributed by atoms with Gasteiger partial charge in [0.2, 0.25) is 11.8 Å². The average Bonchev–Trinajstić information content (AvgIpc) is 2.91. The van der Waals surface area contributed by atoms with Crippen LogP contribution in [0.4, 0.5) is 0 Å². The highest BCUT2D eigenvalue weighted by Gasteiger charge is 2.41. The molecule has 2 saturated heterocycles. The van der Waals surface area contributed by atoms with Crippen molar-refractivity contribution in [3.05, 3.63) is 18.0 Å². The Morgan fingerprint density at radius 2 is 2.17 bits per heavy atom. The third-order valence-electron chi connectivity index (χ3n) is 5.38. The molecule has 1 aromatic rings. The highest BCUT2D eigenvalue weighted by atomic mass is 16.2. The van der Waals surface area contributed by atoms with Crippen molar-refractivity contribution >= 4 is 11.8 Å². The second-order valence-electron chi connectivity index (χ2n) is 7.28. The number of carbonyl (C=O) groups is 2. The van der Waals surface area contributed by atoms with Gasteiger partial charge in [0.25, 0.3) is 0 Å². The van der Waals surface area contributed by atoms with Gasteiger partial charge in [0.05, 0.1) is 18.2 Å². The maximum Gasteiger partial charge on any atom is 0.228 e. The predicted octanol–water partition coefficient (Wildman–Crippen LogP) is 1.34. The Labute approximate surface area is 136 Å². The van der Waals surface area contributed by atoms with Crippen LogP contribution in [0.2, 0.25) is 0 Å². The van der Waals surface area contributed by atoms with Crippen molar-refractivity contribution in [2.45, 2.75) is 38.1 Å². The summed E-state index contributed by atoms with van der Waals surface area (Å²) >= 11 is 0. The summed E-state index contributed by atoms with van der Waals surface area (Å²) < 4.78 is 1.78. The first-order chi connectivity index (χ1) is 11.1. The highest BCUT2D eigenvalue weighted by molar-refractivity contribution is 5.89. The van der Waals surface area contributed by atoms with E-state index in [1.807, 2.05) is 29.2 Å². The van der Waals surface area contributed by atoms with Gasteiger partial charge in [-0.2, -0.15) is 5.10 Å². The number of nitrogens with zero attached hydrogens (tertiary/aromatic N) is 4. The quantitative estimate of drug-likeness (QED) is 0.842. The van der Waals surface area contributed by atoms with Crippen LogP contribution >= 0.6 is 0 Å². The number of carbonyl (C=O) groups excluding carboxylic acids is 2. The van der Waals surface area contributed by atoms with Gasteiger partial charge < -0.3 is 9.80 Å². The molecule has 3 heterocycles. The molecular weight excluding hydrogens is 292 g/mol. The summed E-state index contributed by atoms with van der Waals surface area (Å²) in [6, 6.07) is 0.129.